The molecule has 0 amide bonds. The number of aromatic nitrogens is 2. The molecule has 0 radical (unpaired) electrons. The summed E-state index contributed by atoms with van der Waals surface area (Å²) in [5.41, 5.74) is 7.83. The molecule has 0 fully saturated rings. The third kappa shape index (κ3) is 2.32. The Balaban J connectivity index is 2.37. The third-order valence-electron chi connectivity index (χ3n) is 2.36. The van der Waals surface area contributed by atoms with Crippen molar-refractivity contribution in [1.29, 1.82) is 0 Å². The first-order valence-electron chi connectivity index (χ1n) is 4.94. The number of rotatable bonds is 3. The highest BCUT2D eigenvalue weighted by Gasteiger charge is 2.18. The van der Waals surface area contributed by atoms with Gasteiger partial charge in [-0.2, -0.15) is 0 Å². The number of aryl methyl sites for hydroxylation is 1. The normalized spacial score (nSPS) is 12.4. The summed E-state index contributed by atoms with van der Waals surface area (Å²) in [5.74, 6) is -1.08. The number of nitrogens with zero attached hydrogens (tertiary/aromatic N) is 2. The minimum absolute atomic E-state index is 0.383. The van der Waals surface area contributed by atoms with Gasteiger partial charge in [-0.1, -0.05) is 0 Å². The van der Waals surface area contributed by atoms with Crippen molar-refractivity contribution in [2.24, 2.45) is 5.73 Å². The van der Waals surface area contributed by atoms with Gasteiger partial charge in [0.05, 0.1) is 5.69 Å². The first-order valence-corrected chi connectivity index (χ1v) is 5.82. The molecule has 0 aromatic carbocycles. The lowest BCUT2D eigenvalue weighted by Crippen LogP contribution is -2.20. The van der Waals surface area contributed by atoms with Crippen molar-refractivity contribution in [2.45, 2.75) is 13.0 Å². The summed E-state index contributed by atoms with van der Waals surface area (Å²) in [6, 6.07) is 0.784. The van der Waals surface area contributed by atoms with E-state index in [0.717, 1.165) is 16.1 Å². The quantitative estimate of drug-likeness (QED) is 0.862. The van der Waals surface area contributed by atoms with E-state index in [0.29, 0.717) is 5.69 Å². The molecule has 3 N–H and O–H groups in total. The summed E-state index contributed by atoms with van der Waals surface area (Å²) in [4.78, 5) is 19.0. The summed E-state index contributed by atoms with van der Waals surface area (Å²) >= 11 is 1.38. The number of aliphatic carboxylic acids is 1. The second-order valence-electron chi connectivity index (χ2n) is 3.58. The Morgan fingerprint density at radius 3 is 3.00 bits per heavy atom. The van der Waals surface area contributed by atoms with Crippen LogP contribution in [0, 0.1) is 6.92 Å². The number of pyridine rings is 1. The number of carboxylic acids is 1. The van der Waals surface area contributed by atoms with Crippen molar-refractivity contribution in [3.63, 3.8) is 0 Å². The van der Waals surface area contributed by atoms with Gasteiger partial charge < -0.3 is 10.8 Å². The van der Waals surface area contributed by atoms with E-state index in [-0.39, 0.29) is 0 Å². The fourth-order valence-corrected chi connectivity index (χ4v) is 2.34. The highest BCUT2D eigenvalue weighted by Crippen LogP contribution is 2.27. The highest BCUT2D eigenvalue weighted by molar-refractivity contribution is 7.13. The van der Waals surface area contributed by atoms with Crippen molar-refractivity contribution in [3.8, 4) is 10.6 Å². The molecule has 0 bridgehead atoms. The Bertz CT molecular complexity index is 553. The number of hydrogen-bond acceptors (Lipinski definition) is 5. The molecular weight excluding hydrogens is 238 g/mol. The summed E-state index contributed by atoms with van der Waals surface area (Å²) in [5, 5.41) is 11.2. The summed E-state index contributed by atoms with van der Waals surface area (Å²) in [6.45, 7) is 1.93. The standard InChI is InChI=1S/C11H11N3O2S/c1-6-4-13-3-2-7(6)10-14-8(5-17-10)9(12)11(15)16/h2-5,9H,12H2,1H3,(H,15,16). The van der Waals surface area contributed by atoms with E-state index >= 15 is 0 Å². The van der Waals surface area contributed by atoms with Gasteiger partial charge in [0, 0.05) is 23.3 Å². The van der Waals surface area contributed by atoms with Crippen molar-refractivity contribution in [3.05, 3.63) is 35.1 Å². The highest BCUT2D eigenvalue weighted by atomic mass is 32.1. The van der Waals surface area contributed by atoms with Crippen LogP contribution >= 0.6 is 11.3 Å². The molecule has 0 spiro atoms. The van der Waals surface area contributed by atoms with Crippen LogP contribution in [0.15, 0.2) is 23.8 Å². The monoisotopic (exact) mass is 249 g/mol. The zero-order chi connectivity index (χ0) is 12.4. The Hall–Kier alpha value is -1.79. The molecule has 0 saturated heterocycles. The molecule has 0 aliphatic carbocycles. The predicted molar refractivity (Wildman–Crippen MR) is 64.6 cm³/mol. The van der Waals surface area contributed by atoms with Crippen molar-refractivity contribution in [2.75, 3.05) is 0 Å². The molecule has 1 atom stereocenters. The molecule has 6 heteroatoms. The van der Waals surface area contributed by atoms with Gasteiger partial charge in [0.15, 0.2) is 0 Å². The Morgan fingerprint density at radius 2 is 2.35 bits per heavy atom. The summed E-state index contributed by atoms with van der Waals surface area (Å²) < 4.78 is 0. The number of nitrogens with two attached hydrogens (primary N) is 1. The minimum Gasteiger partial charge on any atom is -0.480 e. The van der Waals surface area contributed by atoms with Crippen LogP contribution in [0.25, 0.3) is 10.6 Å². The molecule has 0 aliphatic heterocycles. The molecule has 0 aliphatic rings. The molecule has 2 aromatic heterocycles. The van der Waals surface area contributed by atoms with Crippen molar-refractivity contribution < 1.29 is 9.90 Å². The molecule has 88 valence electrons. The largest absolute Gasteiger partial charge is 0.480 e. The SMILES string of the molecule is Cc1cnccc1-c1nc(C(N)C(=O)O)cs1. The van der Waals surface area contributed by atoms with Crippen molar-refractivity contribution in [1.82, 2.24) is 9.97 Å². The maximum Gasteiger partial charge on any atom is 0.326 e. The van der Waals surface area contributed by atoms with Crippen LogP contribution < -0.4 is 5.73 Å². The van der Waals surface area contributed by atoms with E-state index in [4.69, 9.17) is 10.8 Å². The van der Waals surface area contributed by atoms with Crippen molar-refractivity contribution >= 4 is 17.3 Å². The summed E-state index contributed by atoms with van der Waals surface area (Å²) in [7, 11) is 0. The van der Waals surface area contributed by atoms with E-state index in [9.17, 15) is 4.79 Å². The van der Waals surface area contributed by atoms with Gasteiger partial charge in [-0.15, -0.1) is 11.3 Å². The number of carbonyl (C=O) groups is 1. The topological polar surface area (TPSA) is 89.1 Å². The van der Waals surface area contributed by atoms with E-state index in [2.05, 4.69) is 9.97 Å². The lowest BCUT2D eigenvalue weighted by Gasteiger charge is -2.02. The van der Waals surface area contributed by atoms with Crippen LogP contribution in [0.1, 0.15) is 17.3 Å². The average molecular weight is 249 g/mol. The van der Waals surface area contributed by atoms with E-state index in [1.807, 2.05) is 13.0 Å². The van der Waals surface area contributed by atoms with E-state index in [1.54, 1.807) is 17.8 Å². The van der Waals surface area contributed by atoms with Gasteiger partial charge in [-0.05, 0) is 18.6 Å². The number of carboxylic acid groups (broad SMARTS) is 1. The van der Waals surface area contributed by atoms with Crippen LogP contribution in [-0.4, -0.2) is 21.0 Å². The van der Waals surface area contributed by atoms with Gasteiger partial charge >= 0.3 is 5.97 Å². The average Bonchev–Trinajstić information content (AvgIpc) is 2.77. The van der Waals surface area contributed by atoms with Gasteiger partial charge in [0.2, 0.25) is 0 Å². The molecule has 2 heterocycles. The molecule has 1 unspecified atom stereocenters. The fraction of sp³-hybridized carbons (Fsp3) is 0.182. The van der Waals surface area contributed by atoms with E-state index in [1.165, 1.54) is 11.3 Å². The van der Waals surface area contributed by atoms with Gasteiger partial charge in [-0.3, -0.25) is 9.78 Å². The Morgan fingerprint density at radius 1 is 1.59 bits per heavy atom. The molecule has 2 aromatic rings. The lowest BCUT2D eigenvalue weighted by molar-refractivity contribution is -0.138. The molecule has 17 heavy (non-hydrogen) atoms. The first kappa shape index (κ1) is 11.7. The van der Waals surface area contributed by atoms with Gasteiger partial charge in [0.1, 0.15) is 11.0 Å². The Kier molecular flexibility index (Phi) is 3.16. The number of hydrogen-bond donors (Lipinski definition) is 2. The molecule has 2 rings (SSSR count). The van der Waals surface area contributed by atoms with Crippen LogP contribution in [0.3, 0.4) is 0 Å². The van der Waals surface area contributed by atoms with Gasteiger partial charge in [-0.25, -0.2) is 4.98 Å². The van der Waals surface area contributed by atoms with Crippen LogP contribution in [0.5, 0.6) is 0 Å². The predicted octanol–water partition coefficient (Wildman–Crippen LogP) is 1.60. The molecule has 0 saturated carbocycles. The lowest BCUT2D eigenvalue weighted by atomic mass is 10.2. The fourth-order valence-electron chi connectivity index (χ4n) is 1.39. The molecular formula is C11H11N3O2S. The zero-order valence-electron chi connectivity index (χ0n) is 9.12. The smallest absolute Gasteiger partial charge is 0.326 e. The first-order chi connectivity index (χ1) is 8.09. The second-order valence-corrected chi connectivity index (χ2v) is 4.44. The third-order valence-corrected chi connectivity index (χ3v) is 3.25. The van der Waals surface area contributed by atoms with Crippen LogP contribution in [0.4, 0.5) is 0 Å². The second kappa shape index (κ2) is 4.60. The maximum atomic E-state index is 10.7. The van der Waals surface area contributed by atoms with E-state index < -0.39 is 12.0 Å². The minimum atomic E-state index is -1.08. The van der Waals surface area contributed by atoms with Gasteiger partial charge in [0.25, 0.3) is 0 Å². The van der Waals surface area contributed by atoms with Crippen LogP contribution in [-0.2, 0) is 4.79 Å². The Labute approximate surface area is 102 Å². The summed E-state index contributed by atoms with van der Waals surface area (Å²) in [6.07, 6.45) is 3.42. The maximum absolute atomic E-state index is 10.7. The number of thiazole rings is 1. The zero-order valence-corrected chi connectivity index (χ0v) is 9.94. The molecule has 5 nitrogen and oxygen atoms in total. The van der Waals surface area contributed by atoms with Crippen LogP contribution in [0.2, 0.25) is 0 Å².